The Morgan fingerprint density at radius 2 is 1.70 bits per heavy atom. The number of halogens is 1. The Labute approximate surface area is 180 Å². The van der Waals surface area contributed by atoms with Crippen molar-refractivity contribution < 1.29 is 29.6 Å². The van der Waals surface area contributed by atoms with E-state index in [-0.39, 0.29) is 22.4 Å². The van der Waals surface area contributed by atoms with Crippen molar-refractivity contribution in [2.24, 2.45) is 0 Å². The van der Waals surface area contributed by atoms with Gasteiger partial charge in [-0.05, 0) is 18.1 Å². The third-order valence-electron chi connectivity index (χ3n) is 6.04. The highest BCUT2D eigenvalue weighted by atomic mass is 35.5. The smallest absolute Gasteiger partial charge is 0.192 e. The lowest BCUT2D eigenvalue weighted by atomic mass is 10.0. The summed E-state index contributed by atoms with van der Waals surface area (Å²) in [5, 5.41) is 42.1. The van der Waals surface area contributed by atoms with Crippen molar-refractivity contribution in [2.75, 3.05) is 6.61 Å². The second kappa shape index (κ2) is 8.39. The first-order valence-electron chi connectivity index (χ1n) is 9.70. The Balaban J connectivity index is 1.94. The van der Waals surface area contributed by atoms with E-state index < -0.39 is 45.1 Å². The molecule has 0 aliphatic carbocycles. The summed E-state index contributed by atoms with van der Waals surface area (Å²) in [5.41, 5.74) is 0.574. The highest BCUT2D eigenvalue weighted by Crippen LogP contribution is 2.37. The normalized spacial score (nSPS) is 31.1. The zero-order valence-electron chi connectivity index (χ0n) is 17.6. The molecular formula is C18H29ClN4O6Si. The molecule has 3 heterocycles. The van der Waals surface area contributed by atoms with Gasteiger partial charge in [0.05, 0.1) is 12.9 Å². The molecule has 0 spiro atoms. The monoisotopic (exact) mass is 460 g/mol. The van der Waals surface area contributed by atoms with E-state index in [1.807, 2.05) is 0 Å². The van der Waals surface area contributed by atoms with Gasteiger partial charge in [0.15, 0.2) is 25.3 Å². The summed E-state index contributed by atoms with van der Waals surface area (Å²) in [6.45, 7) is 10.3. The zero-order valence-corrected chi connectivity index (χ0v) is 19.4. The molecule has 0 saturated carbocycles. The van der Waals surface area contributed by atoms with Crippen LogP contribution in [0, 0.1) is 0 Å². The number of imidazole rings is 1. The molecule has 2 aromatic rings. The molecule has 1 aliphatic rings. The number of rotatable bonds is 4. The largest absolute Gasteiger partial charge is 0.414 e. The minimum absolute atomic E-state index is 0.0208. The van der Waals surface area contributed by atoms with Crippen LogP contribution in [-0.4, -0.2) is 85.4 Å². The van der Waals surface area contributed by atoms with Gasteiger partial charge in [0.2, 0.25) is 0 Å². The number of nitrogens with zero attached hydrogens (tertiary/aromatic N) is 4. The number of aromatic nitrogens is 4. The maximum absolute atomic E-state index is 10.7. The fourth-order valence-electron chi connectivity index (χ4n) is 3.02. The molecule has 6 atom stereocenters. The van der Waals surface area contributed by atoms with Crippen molar-refractivity contribution in [1.82, 2.24) is 19.5 Å². The quantitative estimate of drug-likeness (QED) is 0.385. The molecular weight excluding hydrogens is 432 g/mol. The highest BCUT2D eigenvalue weighted by Gasteiger charge is 2.47. The molecule has 2 aromatic heterocycles. The van der Waals surface area contributed by atoms with Gasteiger partial charge >= 0.3 is 0 Å². The lowest BCUT2D eigenvalue weighted by molar-refractivity contribution is -0.148. The molecule has 1 saturated heterocycles. The first-order chi connectivity index (χ1) is 13.8. The van der Waals surface area contributed by atoms with Crippen LogP contribution in [0.2, 0.25) is 23.3 Å². The number of hydrogen-bond donors (Lipinski definition) is 4. The summed E-state index contributed by atoms with van der Waals surface area (Å²) in [5.74, 6) is 0. The molecule has 1 fully saturated rings. The highest BCUT2D eigenvalue weighted by molar-refractivity contribution is 6.74. The summed E-state index contributed by atoms with van der Waals surface area (Å²) >= 11 is 6.05. The Hall–Kier alpha value is -1.18. The van der Waals surface area contributed by atoms with E-state index >= 15 is 0 Å². The molecule has 10 nitrogen and oxygen atoms in total. The molecule has 0 bridgehead atoms. The van der Waals surface area contributed by atoms with Gasteiger partial charge in [0.25, 0.3) is 0 Å². The lowest BCUT2D eigenvalue weighted by Crippen LogP contribution is -2.49. The molecule has 1 aliphatic heterocycles. The average Bonchev–Trinajstić information content (AvgIpc) is 3.07. The minimum atomic E-state index is -2.19. The van der Waals surface area contributed by atoms with Crippen molar-refractivity contribution in [2.45, 2.75) is 75.7 Å². The van der Waals surface area contributed by atoms with Crippen LogP contribution < -0.4 is 0 Å². The number of aliphatic hydroxyl groups excluding tert-OH is 4. The van der Waals surface area contributed by atoms with Crippen LogP contribution in [0.5, 0.6) is 0 Å². The van der Waals surface area contributed by atoms with Crippen molar-refractivity contribution >= 4 is 31.1 Å². The van der Waals surface area contributed by atoms with Gasteiger partial charge in [0.1, 0.15) is 42.4 Å². The third kappa shape index (κ3) is 4.25. The SMILES string of the molecule is CC(C)(C)[Si](C)(C)OC[C@H]1O[C@@H](n2cnc3c(Cl)ncnc32)[C@H](O)[C@H](O)[C@@H](O)[C@@H]1O. The number of aliphatic hydroxyl groups is 4. The summed E-state index contributed by atoms with van der Waals surface area (Å²) in [4.78, 5) is 12.1. The molecule has 0 aromatic carbocycles. The maximum atomic E-state index is 10.7. The van der Waals surface area contributed by atoms with Gasteiger partial charge in [-0.3, -0.25) is 4.57 Å². The number of fused-ring (bicyclic) bond motifs is 1. The minimum Gasteiger partial charge on any atom is -0.414 e. The van der Waals surface area contributed by atoms with Gasteiger partial charge in [-0.25, -0.2) is 15.0 Å². The van der Waals surface area contributed by atoms with Crippen molar-refractivity contribution in [3.63, 3.8) is 0 Å². The fraction of sp³-hybridized carbons (Fsp3) is 0.722. The van der Waals surface area contributed by atoms with Crippen molar-refractivity contribution in [3.8, 4) is 0 Å². The Kier molecular flexibility index (Phi) is 6.57. The molecule has 3 rings (SSSR count). The van der Waals surface area contributed by atoms with Gasteiger partial charge in [-0.15, -0.1) is 0 Å². The molecule has 0 amide bonds. The van der Waals surface area contributed by atoms with E-state index in [9.17, 15) is 20.4 Å². The van der Waals surface area contributed by atoms with Crippen LogP contribution in [-0.2, 0) is 9.16 Å². The Bertz CT molecular complexity index is 891. The van der Waals surface area contributed by atoms with Crippen LogP contribution in [0.1, 0.15) is 27.0 Å². The van der Waals surface area contributed by atoms with Crippen molar-refractivity contribution in [3.05, 3.63) is 17.8 Å². The van der Waals surface area contributed by atoms with E-state index in [0.717, 1.165) is 0 Å². The third-order valence-corrected chi connectivity index (χ3v) is 10.8. The Morgan fingerprint density at radius 3 is 2.33 bits per heavy atom. The fourth-order valence-corrected chi connectivity index (χ4v) is 4.21. The summed E-state index contributed by atoms with van der Waals surface area (Å²) in [7, 11) is -2.19. The van der Waals surface area contributed by atoms with Crippen LogP contribution >= 0.6 is 11.6 Å². The van der Waals surface area contributed by atoms with Crippen molar-refractivity contribution in [1.29, 1.82) is 0 Å². The van der Waals surface area contributed by atoms with Crippen LogP contribution in [0.15, 0.2) is 12.7 Å². The second-order valence-corrected chi connectivity index (χ2v) is 14.3. The Morgan fingerprint density at radius 1 is 1.07 bits per heavy atom. The summed E-state index contributed by atoms with van der Waals surface area (Å²) in [6, 6.07) is 0. The van der Waals surface area contributed by atoms with Crippen LogP contribution in [0.25, 0.3) is 11.2 Å². The zero-order chi connectivity index (χ0) is 22.4. The number of ether oxygens (including phenoxy) is 1. The lowest BCUT2D eigenvalue weighted by Gasteiger charge is -2.38. The number of hydrogen-bond acceptors (Lipinski definition) is 9. The topological polar surface area (TPSA) is 143 Å². The first-order valence-corrected chi connectivity index (χ1v) is 13.0. The van der Waals surface area contributed by atoms with E-state index in [4.69, 9.17) is 20.8 Å². The van der Waals surface area contributed by atoms with Gasteiger partial charge in [-0.2, -0.15) is 0 Å². The predicted octanol–water partition coefficient (Wildman–Crippen LogP) is 0.842. The van der Waals surface area contributed by atoms with Gasteiger partial charge < -0.3 is 29.6 Å². The van der Waals surface area contributed by atoms with Gasteiger partial charge in [0, 0.05) is 0 Å². The summed E-state index contributed by atoms with van der Waals surface area (Å²) < 4.78 is 13.5. The average molecular weight is 461 g/mol. The van der Waals surface area contributed by atoms with E-state index in [0.29, 0.717) is 5.52 Å². The first kappa shape index (κ1) is 23.5. The van der Waals surface area contributed by atoms with Crippen LogP contribution in [0.4, 0.5) is 0 Å². The molecule has 0 unspecified atom stereocenters. The summed E-state index contributed by atoms with van der Waals surface area (Å²) in [6.07, 6.45) is -5.97. The van der Waals surface area contributed by atoms with E-state index in [2.05, 4.69) is 48.8 Å². The molecule has 0 radical (unpaired) electrons. The van der Waals surface area contributed by atoms with Gasteiger partial charge in [-0.1, -0.05) is 32.4 Å². The standard InChI is InChI=1S/C18H29ClN4O6Si/c1-18(2,3)30(4,5)28-6-9-11(24)12(25)13(26)14(27)17(29-9)23-8-22-10-15(19)20-7-21-16(10)23/h7-9,11-14,17,24-27H,6H2,1-5H3/t9-,11-,12+,13-,14-,17-/m1/s1. The van der Waals surface area contributed by atoms with E-state index in [1.54, 1.807) is 0 Å². The van der Waals surface area contributed by atoms with E-state index in [1.165, 1.54) is 17.2 Å². The maximum Gasteiger partial charge on any atom is 0.192 e. The molecule has 12 heteroatoms. The molecule has 168 valence electrons. The predicted molar refractivity (Wildman–Crippen MR) is 111 cm³/mol. The molecule has 30 heavy (non-hydrogen) atoms. The van der Waals surface area contributed by atoms with Crippen LogP contribution in [0.3, 0.4) is 0 Å². The second-order valence-electron chi connectivity index (χ2n) is 9.09. The molecule has 4 N–H and O–H groups in total.